The summed E-state index contributed by atoms with van der Waals surface area (Å²) in [5, 5.41) is 0. The summed E-state index contributed by atoms with van der Waals surface area (Å²) in [6.45, 7) is 0. The third-order valence-corrected chi connectivity index (χ3v) is 2.16. The Morgan fingerprint density at radius 3 is 2.70 bits per heavy atom. The first-order valence-electron chi connectivity index (χ1n) is 3.66. The van der Waals surface area contributed by atoms with Gasteiger partial charge in [0.05, 0.1) is 13.2 Å². The highest BCUT2D eigenvalue weighted by atomic mass is 16.5. The van der Waals surface area contributed by atoms with Crippen LogP contribution in [0.15, 0.2) is 0 Å². The molecule has 1 aliphatic rings. The fraction of sp³-hybridized carbons (Fsp3) is 0.857. The van der Waals surface area contributed by atoms with Gasteiger partial charge in [-0.25, -0.2) is 0 Å². The molecule has 0 aromatic rings. The van der Waals surface area contributed by atoms with E-state index in [2.05, 4.69) is 10.5 Å². The SMILES string of the molecule is COC(=O)[C@@H]1CCC[C@@H]1[NH3+]. The Balaban J connectivity index is 2.46. The second-order valence-electron chi connectivity index (χ2n) is 2.82. The predicted molar refractivity (Wildman–Crippen MR) is 36.0 cm³/mol. The van der Waals surface area contributed by atoms with Crippen LogP contribution in [0.3, 0.4) is 0 Å². The van der Waals surface area contributed by atoms with E-state index in [4.69, 9.17) is 0 Å². The molecule has 0 aliphatic heterocycles. The number of methoxy groups -OCH3 is 1. The van der Waals surface area contributed by atoms with Crippen LogP contribution in [0.5, 0.6) is 0 Å². The third kappa shape index (κ3) is 1.29. The summed E-state index contributed by atoms with van der Waals surface area (Å²) in [6, 6.07) is 0.285. The number of hydrogen-bond acceptors (Lipinski definition) is 2. The van der Waals surface area contributed by atoms with E-state index in [1.54, 1.807) is 0 Å². The van der Waals surface area contributed by atoms with E-state index in [1.807, 2.05) is 0 Å². The summed E-state index contributed by atoms with van der Waals surface area (Å²) in [7, 11) is 1.44. The van der Waals surface area contributed by atoms with Gasteiger partial charge in [-0.15, -0.1) is 0 Å². The van der Waals surface area contributed by atoms with Gasteiger partial charge in [0.25, 0.3) is 0 Å². The maximum absolute atomic E-state index is 11.0. The number of carbonyl (C=O) groups excluding carboxylic acids is 1. The van der Waals surface area contributed by atoms with E-state index in [1.165, 1.54) is 7.11 Å². The Morgan fingerprint density at radius 1 is 1.60 bits per heavy atom. The van der Waals surface area contributed by atoms with Gasteiger partial charge in [0.2, 0.25) is 0 Å². The highest BCUT2D eigenvalue weighted by Gasteiger charge is 2.33. The van der Waals surface area contributed by atoms with Gasteiger partial charge in [-0.1, -0.05) is 0 Å². The van der Waals surface area contributed by atoms with Crippen LogP contribution < -0.4 is 5.73 Å². The third-order valence-electron chi connectivity index (χ3n) is 2.16. The number of hydrogen-bond donors (Lipinski definition) is 1. The number of carbonyl (C=O) groups is 1. The Labute approximate surface area is 60.5 Å². The summed E-state index contributed by atoms with van der Waals surface area (Å²) < 4.78 is 4.63. The fourth-order valence-electron chi connectivity index (χ4n) is 1.50. The van der Waals surface area contributed by atoms with Crippen LogP contribution in [0, 0.1) is 5.92 Å². The molecule has 1 rings (SSSR count). The lowest BCUT2D eigenvalue weighted by molar-refractivity contribution is -0.425. The first-order valence-corrected chi connectivity index (χ1v) is 3.66. The zero-order valence-electron chi connectivity index (χ0n) is 6.30. The van der Waals surface area contributed by atoms with Crippen LogP contribution in [0.25, 0.3) is 0 Å². The van der Waals surface area contributed by atoms with Crippen molar-refractivity contribution in [3.63, 3.8) is 0 Å². The maximum Gasteiger partial charge on any atom is 0.314 e. The van der Waals surface area contributed by atoms with Gasteiger partial charge in [-0.3, -0.25) is 4.79 Å². The summed E-state index contributed by atoms with van der Waals surface area (Å²) in [4.78, 5) is 11.0. The lowest BCUT2D eigenvalue weighted by Gasteiger charge is -2.08. The van der Waals surface area contributed by atoms with E-state index in [0.717, 1.165) is 19.3 Å². The Bertz CT molecular complexity index is 136. The molecule has 0 saturated heterocycles. The molecule has 3 heteroatoms. The van der Waals surface area contributed by atoms with Gasteiger partial charge >= 0.3 is 5.97 Å². The zero-order valence-corrected chi connectivity index (χ0v) is 6.30. The molecule has 3 nitrogen and oxygen atoms in total. The van der Waals surface area contributed by atoms with Crippen molar-refractivity contribution in [3.05, 3.63) is 0 Å². The molecule has 0 unspecified atom stereocenters. The van der Waals surface area contributed by atoms with Gasteiger partial charge in [0.1, 0.15) is 5.92 Å². The molecule has 2 atom stereocenters. The monoisotopic (exact) mass is 144 g/mol. The molecule has 0 aromatic carbocycles. The van der Waals surface area contributed by atoms with Gasteiger partial charge in [-0.2, -0.15) is 0 Å². The normalized spacial score (nSPS) is 32.2. The van der Waals surface area contributed by atoms with Crippen LogP contribution in [0.1, 0.15) is 19.3 Å². The van der Waals surface area contributed by atoms with Crippen molar-refractivity contribution in [2.24, 2.45) is 5.92 Å². The average Bonchev–Trinajstić information content (AvgIpc) is 2.34. The molecule has 0 bridgehead atoms. The van der Waals surface area contributed by atoms with Crippen molar-refractivity contribution in [1.82, 2.24) is 0 Å². The molecule has 0 amide bonds. The first kappa shape index (κ1) is 7.54. The average molecular weight is 144 g/mol. The zero-order chi connectivity index (χ0) is 7.56. The largest absolute Gasteiger partial charge is 0.469 e. The van der Waals surface area contributed by atoms with E-state index in [0.29, 0.717) is 0 Å². The molecule has 0 radical (unpaired) electrons. The summed E-state index contributed by atoms with van der Waals surface area (Å²) in [6.07, 6.45) is 3.15. The van der Waals surface area contributed by atoms with Crippen molar-refractivity contribution in [2.75, 3.05) is 7.11 Å². The first-order chi connectivity index (χ1) is 4.75. The van der Waals surface area contributed by atoms with Crippen LogP contribution in [0.4, 0.5) is 0 Å². The molecule has 1 saturated carbocycles. The quantitative estimate of drug-likeness (QED) is 0.508. The van der Waals surface area contributed by atoms with E-state index in [9.17, 15) is 4.79 Å². The highest BCUT2D eigenvalue weighted by molar-refractivity contribution is 5.73. The molecule has 0 heterocycles. The molecule has 0 aromatic heterocycles. The smallest absolute Gasteiger partial charge is 0.314 e. The van der Waals surface area contributed by atoms with E-state index in [-0.39, 0.29) is 17.9 Å². The van der Waals surface area contributed by atoms with Crippen LogP contribution in [-0.2, 0) is 9.53 Å². The summed E-state index contributed by atoms with van der Waals surface area (Å²) >= 11 is 0. The van der Waals surface area contributed by atoms with Crippen LogP contribution in [-0.4, -0.2) is 19.1 Å². The van der Waals surface area contributed by atoms with Crippen molar-refractivity contribution >= 4 is 5.97 Å². The standard InChI is InChI=1S/C7H13NO2/c1-10-7(9)5-3-2-4-6(5)8/h5-6H,2-4,8H2,1H3/p+1/t5-,6+/m1/s1. The lowest BCUT2D eigenvalue weighted by Crippen LogP contribution is -2.63. The minimum Gasteiger partial charge on any atom is -0.469 e. The Kier molecular flexibility index (Phi) is 2.27. The minimum absolute atomic E-state index is 0.0741. The maximum atomic E-state index is 11.0. The van der Waals surface area contributed by atoms with Crippen molar-refractivity contribution < 1.29 is 15.3 Å². The van der Waals surface area contributed by atoms with Crippen molar-refractivity contribution in [3.8, 4) is 0 Å². The molecule has 1 aliphatic carbocycles. The van der Waals surface area contributed by atoms with Crippen LogP contribution >= 0.6 is 0 Å². The molecule has 3 N–H and O–H groups in total. The minimum atomic E-state index is -0.0856. The Hall–Kier alpha value is -0.570. The lowest BCUT2D eigenvalue weighted by atomic mass is 10.1. The van der Waals surface area contributed by atoms with Gasteiger partial charge in [-0.05, 0) is 12.8 Å². The van der Waals surface area contributed by atoms with E-state index < -0.39 is 0 Å². The van der Waals surface area contributed by atoms with Crippen LogP contribution in [0.2, 0.25) is 0 Å². The van der Waals surface area contributed by atoms with Gasteiger partial charge in [0, 0.05) is 6.42 Å². The number of ether oxygens (including phenoxy) is 1. The predicted octanol–water partition coefficient (Wildman–Crippen LogP) is -0.430. The second-order valence-corrected chi connectivity index (χ2v) is 2.82. The second kappa shape index (κ2) is 3.01. The van der Waals surface area contributed by atoms with Gasteiger partial charge in [0.15, 0.2) is 0 Å². The number of quaternary nitrogens is 1. The topological polar surface area (TPSA) is 53.9 Å². The van der Waals surface area contributed by atoms with E-state index >= 15 is 0 Å². The summed E-state index contributed by atoms with van der Waals surface area (Å²) in [5.74, 6) is -0.0116. The molecule has 0 spiro atoms. The molecule has 58 valence electrons. The molecular formula is C7H14NO2+. The molecule has 1 fully saturated rings. The molecular weight excluding hydrogens is 130 g/mol. The highest BCUT2D eigenvalue weighted by Crippen LogP contribution is 2.23. The van der Waals surface area contributed by atoms with Crippen molar-refractivity contribution in [1.29, 1.82) is 0 Å². The number of rotatable bonds is 1. The number of esters is 1. The van der Waals surface area contributed by atoms with Crippen molar-refractivity contribution in [2.45, 2.75) is 25.3 Å². The summed E-state index contributed by atoms with van der Waals surface area (Å²) in [5.41, 5.74) is 3.89. The fourth-order valence-corrected chi connectivity index (χ4v) is 1.50. The van der Waals surface area contributed by atoms with Gasteiger partial charge < -0.3 is 10.5 Å². The molecule has 10 heavy (non-hydrogen) atoms. The Morgan fingerprint density at radius 2 is 2.30 bits per heavy atom.